The standard InChI is InChI=1S/C40H75NO4/c1-3-5-7-9-11-13-15-16-17-18-19-20-21-22-24-25-27-29-31-33-37(43)35-40(45)41-38(36-42)39(44)34-32-30-28-26-23-14-12-10-8-6-4-2/h8,10,23,26,32,34,37-39,42-44H,3-7,9,11-22,24-25,27-31,33,35-36H2,1-2H3,(H,41,45)/b10-8+,26-23+,34-32+. The van der Waals surface area contributed by atoms with Gasteiger partial charge in [0.1, 0.15) is 0 Å². The Hall–Kier alpha value is -1.43. The molecular formula is C40H75NO4. The first-order chi connectivity index (χ1) is 22.0. The second kappa shape index (κ2) is 35.4. The van der Waals surface area contributed by atoms with Crippen LogP contribution in [-0.2, 0) is 4.79 Å². The lowest BCUT2D eigenvalue weighted by Gasteiger charge is -2.21. The fourth-order valence-electron chi connectivity index (χ4n) is 5.67. The summed E-state index contributed by atoms with van der Waals surface area (Å²) in [4.78, 5) is 12.4. The van der Waals surface area contributed by atoms with Gasteiger partial charge in [0, 0.05) is 0 Å². The van der Waals surface area contributed by atoms with Crippen molar-refractivity contribution in [3.8, 4) is 0 Å². The maximum absolute atomic E-state index is 12.4. The third-order valence-corrected chi connectivity index (χ3v) is 8.64. The number of unbranched alkanes of at least 4 members (excludes halogenated alkanes) is 21. The number of allylic oxidation sites excluding steroid dienone is 5. The highest BCUT2D eigenvalue weighted by atomic mass is 16.3. The van der Waals surface area contributed by atoms with Gasteiger partial charge in [-0.15, -0.1) is 0 Å². The SMILES string of the molecule is CCC/C=C/CC/C=C/CC/C=C/C(O)C(CO)NC(=O)CC(O)CCCCCCCCCCCCCCCCCCCCC. The number of aliphatic hydroxyl groups excluding tert-OH is 3. The molecule has 0 rings (SSSR count). The zero-order chi connectivity index (χ0) is 33.1. The molecule has 0 fully saturated rings. The fraction of sp³-hybridized carbons (Fsp3) is 0.825. The lowest BCUT2D eigenvalue weighted by molar-refractivity contribution is -0.124. The van der Waals surface area contributed by atoms with E-state index in [4.69, 9.17) is 0 Å². The van der Waals surface area contributed by atoms with Crippen LogP contribution in [0.3, 0.4) is 0 Å². The van der Waals surface area contributed by atoms with Gasteiger partial charge in [0.25, 0.3) is 0 Å². The summed E-state index contributed by atoms with van der Waals surface area (Å²) in [5, 5.41) is 33.0. The molecule has 0 aromatic rings. The molecule has 0 bridgehead atoms. The summed E-state index contributed by atoms with van der Waals surface area (Å²) in [5.41, 5.74) is 0. The van der Waals surface area contributed by atoms with Crippen molar-refractivity contribution in [2.75, 3.05) is 6.61 Å². The average molecular weight is 634 g/mol. The van der Waals surface area contributed by atoms with Gasteiger partial charge in [-0.25, -0.2) is 0 Å². The van der Waals surface area contributed by atoms with Crippen molar-refractivity contribution >= 4 is 5.91 Å². The Kier molecular flexibility index (Phi) is 34.3. The maximum Gasteiger partial charge on any atom is 0.222 e. The molecule has 0 radical (unpaired) electrons. The van der Waals surface area contributed by atoms with Crippen molar-refractivity contribution in [2.24, 2.45) is 0 Å². The summed E-state index contributed by atoms with van der Waals surface area (Å²) < 4.78 is 0. The third kappa shape index (κ3) is 32.3. The highest BCUT2D eigenvalue weighted by Gasteiger charge is 2.20. The molecule has 45 heavy (non-hydrogen) atoms. The highest BCUT2D eigenvalue weighted by Crippen LogP contribution is 2.15. The molecule has 0 aromatic heterocycles. The van der Waals surface area contributed by atoms with Crippen molar-refractivity contribution in [1.29, 1.82) is 0 Å². The summed E-state index contributed by atoms with van der Waals surface area (Å²) in [5.74, 6) is -0.331. The molecule has 3 atom stereocenters. The van der Waals surface area contributed by atoms with Crippen molar-refractivity contribution < 1.29 is 20.1 Å². The first-order valence-corrected chi connectivity index (χ1v) is 19.3. The van der Waals surface area contributed by atoms with Gasteiger partial charge in [-0.1, -0.05) is 179 Å². The van der Waals surface area contributed by atoms with E-state index in [1.54, 1.807) is 6.08 Å². The second-order valence-corrected chi connectivity index (χ2v) is 13.2. The van der Waals surface area contributed by atoms with Gasteiger partial charge < -0.3 is 20.6 Å². The molecule has 0 aromatic carbocycles. The third-order valence-electron chi connectivity index (χ3n) is 8.64. The number of nitrogens with one attached hydrogen (secondary N) is 1. The number of hydrogen-bond acceptors (Lipinski definition) is 4. The van der Waals surface area contributed by atoms with E-state index in [9.17, 15) is 20.1 Å². The van der Waals surface area contributed by atoms with Crippen LogP contribution in [0.5, 0.6) is 0 Å². The number of rotatable bonds is 34. The van der Waals surface area contributed by atoms with Gasteiger partial charge in [0.15, 0.2) is 0 Å². The Morgan fingerprint density at radius 3 is 1.38 bits per heavy atom. The van der Waals surface area contributed by atoms with Crippen LogP contribution in [0.1, 0.15) is 187 Å². The first-order valence-electron chi connectivity index (χ1n) is 19.3. The second-order valence-electron chi connectivity index (χ2n) is 13.2. The molecule has 4 N–H and O–H groups in total. The smallest absolute Gasteiger partial charge is 0.222 e. The Labute approximate surface area is 279 Å². The first kappa shape index (κ1) is 43.6. The molecular weight excluding hydrogens is 558 g/mol. The number of amides is 1. The minimum Gasteiger partial charge on any atom is -0.394 e. The highest BCUT2D eigenvalue weighted by molar-refractivity contribution is 5.76. The van der Waals surface area contributed by atoms with Gasteiger partial charge >= 0.3 is 0 Å². The number of carbonyl (C=O) groups excluding carboxylic acids is 1. The predicted octanol–water partition coefficient (Wildman–Crippen LogP) is 10.4. The Morgan fingerprint density at radius 2 is 0.956 bits per heavy atom. The zero-order valence-electron chi connectivity index (χ0n) is 29.7. The van der Waals surface area contributed by atoms with E-state index in [2.05, 4.69) is 43.5 Å². The maximum atomic E-state index is 12.4. The monoisotopic (exact) mass is 634 g/mol. The normalized spacial score (nSPS) is 14.2. The average Bonchev–Trinajstić information content (AvgIpc) is 3.03. The quantitative estimate of drug-likeness (QED) is 0.0419. The van der Waals surface area contributed by atoms with E-state index < -0.39 is 18.2 Å². The lowest BCUT2D eigenvalue weighted by atomic mass is 10.0. The van der Waals surface area contributed by atoms with Gasteiger partial charge in [-0.3, -0.25) is 4.79 Å². The molecule has 0 spiro atoms. The molecule has 5 heteroatoms. The topological polar surface area (TPSA) is 89.8 Å². The van der Waals surface area contributed by atoms with Gasteiger partial charge in [0.05, 0.1) is 31.3 Å². The molecule has 0 heterocycles. The van der Waals surface area contributed by atoms with E-state index in [0.29, 0.717) is 6.42 Å². The van der Waals surface area contributed by atoms with Crippen LogP contribution in [0.4, 0.5) is 0 Å². The summed E-state index contributed by atoms with van der Waals surface area (Å²) >= 11 is 0. The van der Waals surface area contributed by atoms with Gasteiger partial charge in [-0.2, -0.15) is 0 Å². The van der Waals surface area contributed by atoms with E-state index in [0.717, 1.165) is 44.9 Å². The number of hydrogen-bond donors (Lipinski definition) is 4. The van der Waals surface area contributed by atoms with Gasteiger partial charge in [0.2, 0.25) is 5.91 Å². The molecule has 264 valence electrons. The number of carbonyl (C=O) groups is 1. The van der Waals surface area contributed by atoms with Crippen molar-refractivity contribution in [3.05, 3.63) is 36.5 Å². The van der Waals surface area contributed by atoms with Crippen LogP contribution in [0.15, 0.2) is 36.5 Å². The fourth-order valence-corrected chi connectivity index (χ4v) is 5.67. The molecule has 0 aliphatic heterocycles. The molecule has 1 amide bonds. The molecule has 3 unspecified atom stereocenters. The minimum atomic E-state index is -0.955. The van der Waals surface area contributed by atoms with E-state index in [1.807, 2.05) is 6.08 Å². The van der Waals surface area contributed by atoms with Gasteiger partial charge in [-0.05, 0) is 38.5 Å². The van der Waals surface area contributed by atoms with Crippen LogP contribution in [0.25, 0.3) is 0 Å². The Morgan fingerprint density at radius 1 is 0.556 bits per heavy atom. The van der Waals surface area contributed by atoms with Crippen LogP contribution >= 0.6 is 0 Å². The summed E-state index contributed by atoms with van der Waals surface area (Å²) in [6, 6.07) is -0.763. The van der Waals surface area contributed by atoms with Crippen molar-refractivity contribution in [2.45, 2.75) is 205 Å². The minimum absolute atomic E-state index is 0.00437. The van der Waals surface area contributed by atoms with Crippen LogP contribution in [0, 0.1) is 0 Å². The largest absolute Gasteiger partial charge is 0.394 e. The molecule has 0 saturated carbocycles. The molecule has 0 aliphatic rings. The molecule has 0 aliphatic carbocycles. The summed E-state index contributed by atoms with van der Waals surface area (Å²) in [6.07, 6.45) is 42.8. The van der Waals surface area contributed by atoms with Crippen molar-refractivity contribution in [1.82, 2.24) is 5.32 Å². The number of aliphatic hydroxyl groups is 3. The van der Waals surface area contributed by atoms with Crippen LogP contribution < -0.4 is 5.32 Å². The Bertz CT molecular complexity index is 704. The Balaban J connectivity index is 3.69. The summed E-state index contributed by atoms with van der Waals surface area (Å²) in [6.45, 7) is 4.11. The predicted molar refractivity (Wildman–Crippen MR) is 194 cm³/mol. The zero-order valence-corrected chi connectivity index (χ0v) is 29.7. The van der Waals surface area contributed by atoms with Crippen LogP contribution in [0.2, 0.25) is 0 Å². The molecule has 0 saturated heterocycles. The van der Waals surface area contributed by atoms with Crippen LogP contribution in [-0.4, -0.2) is 46.1 Å². The van der Waals surface area contributed by atoms with E-state index >= 15 is 0 Å². The summed E-state index contributed by atoms with van der Waals surface area (Å²) in [7, 11) is 0. The molecule has 5 nitrogen and oxygen atoms in total. The van der Waals surface area contributed by atoms with E-state index in [1.165, 1.54) is 116 Å². The van der Waals surface area contributed by atoms with Crippen molar-refractivity contribution in [3.63, 3.8) is 0 Å². The van der Waals surface area contributed by atoms with E-state index in [-0.39, 0.29) is 18.9 Å². The lowest BCUT2D eigenvalue weighted by Crippen LogP contribution is -2.45.